The Bertz CT molecular complexity index is 1860. The van der Waals surface area contributed by atoms with E-state index in [1.54, 1.807) is 57.2 Å². The molecule has 0 amide bonds. The highest BCUT2D eigenvalue weighted by Gasteiger charge is 2.35. The molecule has 0 unspecified atom stereocenters. The van der Waals surface area contributed by atoms with E-state index in [0.29, 0.717) is 55.6 Å². The third-order valence-electron chi connectivity index (χ3n) is 6.59. The summed E-state index contributed by atoms with van der Waals surface area (Å²) in [5, 5.41) is 0. The lowest BCUT2D eigenvalue weighted by Gasteiger charge is -2.26. The second kappa shape index (κ2) is 12.4. The summed E-state index contributed by atoms with van der Waals surface area (Å²) in [6, 6.07) is 17.0. The number of carbonyl (C=O) groups excluding carboxylic acids is 2. The Morgan fingerprint density at radius 1 is 0.976 bits per heavy atom. The minimum Gasteiger partial charge on any atom is -0.494 e. The van der Waals surface area contributed by atoms with Crippen LogP contribution in [0.25, 0.3) is 17.4 Å². The molecule has 2 aromatic heterocycles. The molecule has 4 aromatic rings. The second-order valence-corrected chi connectivity index (χ2v) is 10.3. The molecule has 2 aromatic carbocycles. The molecule has 0 spiro atoms. The Balaban J connectivity index is 1.60. The first-order valence-corrected chi connectivity index (χ1v) is 14.5. The number of furan rings is 1. The van der Waals surface area contributed by atoms with Crippen LogP contribution < -0.4 is 19.6 Å². The standard InChI is InChI=1S/C32H30N2O7S/c1-5-38-25-14-9-8-13-23(25)28-27(31(37)40-7-3)19(4)33-32-34(28)29(35)26(42-32)18-22-15-16-24(41-22)20-11-10-12-21(17-20)30(36)39-6-2/h8-18,28H,5-7H2,1-4H3/b26-18+/t28-/m0/s1. The smallest absolute Gasteiger partial charge is 0.338 e. The molecule has 9 nitrogen and oxygen atoms in total. The zero-order chi connectivity index (χ0) is 29.8. The van der Waals surface area contributed by atoms with Crippen molar-refractivity contribution >= 4 is 29.4 Å². The van der Waals surface area contributed by atoms with Crippen LogP contribution in [-0.2, 0) is 14.3 Å². The van der Waals surface area contributed by atoms with Crippen LogP contribution in [0.3, 0.4) is 0 Å². The van der Waals surface area contributed by atoms with Gasteiger partial charge in [-0.15, -0.1) is 0 Å². The van der Waals surface area contributed by atoms with Crippen LogP contribution in [-0.4, -0.2) is 36.3 Å². The molecule has 42 heavy (non-hydrogen) atoms. The number of carbonyl (C=O) groups is 2. The van der Waals surface area contributed by atoms with Crippen LogP contribution >= 0.6 is 11.3 Å². The topological polar surface area (TPSA) is 109 Å². The largest absolute Gasteiger partial charge is 0.494 e. The molecule has 0 bridgehead atoms. The molecule has 0 saturated heterocycles. The number of allylic oxidation sites excluding steroid dienone is 1. The van der Waals surface area contributed by atoms with Crippen LogP contribution in [0.4, 0.5) is 0 Å². The summed E-state index contributed by atoms with van der Waals surface area (Å²) in [6.45, 7) is 7.98. The van der Waals surface area contributed by atoms with Crippen molar-refractivity contribution in [2.75, 3.05) is 19.8 Å². The van der Waals surface area contributed by atoms with Gasteiger partial charge in [0.2, 0.25) is 0 Å². The fourth-order valence-corrected chi connectivity index (χ4v) is 5.83. The van der Waals surface area contributed by atoms with Gasteiger partial charge in [0.1, 0.15) is 23.3 Å². The van der Waals surface area contributed by atoms with E-state index in [2.05, 4.69) is 4.99 Å². The summed E-state index contributed by atoms with van der Waals surface area (Å²) in [4.78, 5) is 44.4. The van der Waals surface area contributed by atoms with Gasteiger partial charge in [0.15, 0.2) is 4.80 Å². The predicted molar refractivity (Wildman–Crippen MR) is 158 cm³/mol. The summed E-state index contributed by atoms with van der Waals surface area (Å²) in [7, 11) is 0. The summed E-state index contributed by atoms with van der Waals surface area (Å²) in [6.07, 6.45) is 1.65. The molecule has 0 aliphatic carbocycles. The fraction of sp³-hybridized carbons (Fsp3) is 0.250. The Morgan fingerprint density at radius 2 is 1.74 bits per heavy atom. The van der Waals surface area contributed by atoms with Crippen LogP contribution in [0.5, 0.6) is 5.75 Å². The minimum absolute atomic E-state index is 0.184. The fourth-order valence-electron chi connectivity index (χ4n) is 4.81. The molecule has 216 valence electrons. The van der Waals surface area contributed by atoms with Crippen molar-refractivity contribution in [2.24, 2.45) is 4.99 Å². The number of fused-ring (bicyclic) bond motifs is 1. The van der Waals surface area contributed by atoms with Gasteiger partial charge in [0, 0.05) is 17.2 Å². The van der Waals surface area contributed by atoms with Gasteiger partial charge in [-0.3, -0.25) is 9.36 Å². The van der Waals surface area contributed by atoms with E-state index in [1.807, 2.05) is 37.3 Å². The number of rotatable bonds is 9. The number of benzene rings is 2. The molecule has 3 heterocycles. The van der Waals surface area contributed by atoms with Crippen LogP contribution in [0.1, 0.15) is 55.4 Å². The SMILES string of the molecule is CCOC(=O)C1=C(C)N=c2s/c(=C/c3ccc(-c4cccc(C(=O)OCC)c4)o3)c(=O)n2[C@H]1c1ccccc1OCC. The monoisotopic (exact) mass is 586 g/mol. The molecule has 0 saturated carbocycles. The van der Waals surface area contributed by atoms with Crippen molar-refractivity contribution in [3.8, 4) is 17.1 Å². The second-order valence-electron chi connectivity index (χ2n) is 9.28. The van der Waals surface area contributed by atoms with Crippen LogP contribution in [0, 0.1) is 0 Å². The van der Waals surface area contributed by atoms with Gasteiger partial charge >= 0.3 is 11.9 Å². The van der Waals surface area contributed by atoms with Gasteiger partial charge in [0.25, 0.3) is 5.56 Å². The Morgan fingerprint density at radius 3 is 2.50 bits per heavy atom. The first-order valence-electron chi connectivity index (χ1n) is 13.6. The Hall–Kier alpha value is -4.70. The molecule has 1 aliphatic heterocycles. The maximum Gasteiger partial charge on any atom is 0.338 e. The average molecular weight is 587 g/mol. The number of para-hydroxylation sites is 1. The maximum atomic E-state index is 13.9. The zero-order valence-electron chi connectivity index (χ0n) is 23.7. The maximum absolute atomic E-state index is 13.9. The van der Waals surface area contributed by atoms with E-state index in [0.717, 1.165) is 0 Å². The van der Waals surface area contributed by atoms with E-state index >= 15 is 0 Å². The van der Waals surface area contributed by atoms with E-state index in [1.165, 1.54) is 15.9 Å². The Kier molecular flexibility index (Phi) is 8.53. The van der Waals surface area contributed by atoms with Crippen molar-refractivity contribution in [1.29, 1.82) is 0 Å². The molecule has 5 rings (SSSR count). The van der Waals surface area contributed by atoms with Gasteiger partial charge in [-0.25, -0.2) is 14.6 Å². The van der Waals surface area contributed by atoms with E-state index in [9.17, 15) is 14.4 Å². The highest BCUT2D eigenvalue weighted by Crippen LogP contribution is 2.36. The quantitative estimate of drug-likeness (QED) is 0.263. The minimum atomic E-state index is -0.789. The summed E-state index contributed by atoms with van der Waals surface area (Å²) < 4.78 is 24.3. The normalized spacial score (nSPS) is 14.8. The average Bonchev–Trinajstić information content (AvgIpc) is 3.57. The van der Waals surface area contributed by atoms with Crippen LogP contribution in [0.15, 0.2) is 86.1 Å². The predicted octanol–water partition coefficient (Wildman–Crippen LogP) is 4.63. The Labute approximate surface area is 246 Å². The number of esters is 2. The van der Waals surface area contributed by atoms with Gasteiger partial charge < -0.3 is 18.6 Å². The van der Waals surface area contributed by atoms with Crippen molar-refractivity contribution in [3.05, 3.63) is 109 Å². The number of ether oxygens (including phenoxy) is 3. The van der Waals surface area contributed by atoms with Crippen molar-refractivity contribution in [2.45, 2.75) is 33.7 Å². The third kappa shape index (κ3) is 5.58. The third-order valence-corrected chi connectivity index (χ3v) is 7.57. The number of aromatic nitrogens is 1. The molecule has 0 radical (unpaired) electrons. The van der Waals surface area contributed by atoms with Crippen molar-refractivity contribution in [3.63, 3.8) is 0 Å². The lowest BCUT2D eigenvalue weighted by atomic mass is 9.95. The lowest BCUT2D eigenvalue weighted by Crippen LogP contribution is -2.40. The molecule has 0 fully saturated rings. The molecule has 0 N–H and O–H groups in total. The zero-order valence-corrected chi connectivity index (χ0v) is 24.5. The van der Waals surface area contributed by atoms with Crippen LogP contribution in [0.2, 0.25) is 0 Å². The number of hydrogen-bond acceptors (Lipinski definition) is 9. The van der Waals surface area contributed by atoms with Gasteiger partial charge in [-0.05, 0) is 58.0 Å². The highest BCUT2D eigenvalue weighted by molar-refractivity contribution is 7.07. The van der Waals surface area contributed by atoms with E-state index in [-0.39, 0.29) is 24.3 Å². The molecule has 1 aliphatic rings. The first kappa shape index (κ1) is 28.8. The van der Waals surface area contributed by atoms with Gasteiger partial charge in [0.05, 0.1) is 41.2 Å². The number of thiazole rings is 1. The first-order chi connectivity index (χ1) is 20.4. The number of nitrogens with zero attached hydrogens (tertiary/aromatic N) is 2. The van der Waals surface area contributed by atoms with Gasteiger partial charge in [-0.2, -0.15) is 0 Å². The van der Waals surface area contributed by atoms with Crippen molar-refractivity contribution < 1.29 is 28.2 Å². The highest BCUT2D eigenvalue weighted by atomic mass is 32.1. The van der Waals surface area contributed by atoms with Gasteiger partial charge in [-0.1, -0.05) is 41.7 Å². The summed E-state index contributed by atoms with van der Waals surface area (Å²) in [5.74, 6) is 0.598. The summed E-state index contributed by atoms with van der Waals surface area (Å²) in [5.41, 5.74) is 2.20. The molecule has 1 atom stereocenters. The molecule has 10 heteroatoms. The molecular weight excluding hydrogens is 556 g/mol. The number of hydrogen-bond donors (Lipinski definition) is 0. The van der Waals surface area contributed by atoms with E-state index < -0.39 is 18.0 Å². The lowest BCUT2D eigenvalue weighted by molar-refractivity contribution is -0.139. The van der Waals surface area contributed by atoms with E-state index in [4.69, 9.17) is 18.6 Å². The van der Waals surface area contributed by atoms with Crippen molar-refractivity contribution in [1.82, 2.24) is 4.57 Å². The molecular formula is C32H30N2O7S. The summed E-state index contributed by atoms with van der Waals surface area (Å²) >= 11 is 1.20.